The minimum Gasteiger partial charge on any atom is -0.494 e. The van der Waals surface area contributed by atoms with Crippen LogP contribution in [0.4, 0.5) is 22.0 Å². The van der Waals surface area contributed by atoms with Crippen LogP contribution in [0.3, 0.4) is 0 Å². The first-order valence-electron chi connectivity index (χ1n) is 12.6. The van der Waals surface area contributed by atoms with E-state index in [2.05, 4.69) is 20.5 Å². The fourth-order valence-electron chi connectivity index (χ4n) is 4.33. The summed E-state index contributed by atoms with van der Waals surface area (Å²) in [4.78, 5) is 16.8. The molecule has 0 fully saturated rings. The van der Waals surface area contributed by atoms with Gasteiger partial charge < -0.3 is 20.3 Å². The number of alkyl halides is 3. The normalized spacial score (nSPS) is 13.6. The minimum atomic E-state index is -5.42. The number of benzene rings is 2. The predicted molar refractivity (Wildman–Crippen MR) is 143 cm³/mol. The zero-order valence-electron chi connectivity index (χ0n) is 23.2. The Hall–Kier alpha value is -4.23. The van der Waals surface area contributed by atoms with Gasteiger partial charge in [0.15, 0.2) is 5.82 Å². The van der Waals surface area contributed by atoms with E-state index >= 15 is 4.39 Å². The molecule has 0 aliphatic rings. The highest BCUT2D eigenvalue weighted by molar-refractivity contribution is 5.99. The second kappa shape index (κ2) is 10.9. The predicted octanol–water partition coefficient (Wildman–Crippen LogP) is 5.00. The van der Waals surface area contributed by atoms with Crippen molar-refractivity contribution in [1.82, 2.24) is 20.5 Å². The van der Waals surface area contributed by atoms with Gasteiger partial charge in [-0.25, -0.2) is 13.8 Å². The Balaban J connectivity index is 1.80. The number of pyridine rings is 1. The number of nitrogens with zero attached hydrogens (tertiary/aromatic N) is 3. The summed E-state index contributed by atoms with van der Waals surface area (Å²) >= 11 is 0. The third-order valence-electron chi connectivity index (χ3n) is 6.70. The maximum absolute atomic E-state index is 15.5. The van der Waals surface area contributed by atoms with Crippen LogP contribution in [0.15, 0.2) is 42.5 Å². The Morgan fingerprint density at radius 3 is 2.29 bits per heavy atom. The van der Waals surface area contributed by atoms with Crippen molar-refractivity contribution < 1.29 is 41.7 Å². The molecule has 13 heteroatoms. The fourth-order valence-corrected chi connectivity index (χ4v) is 4.33. The molecule has 3 N–H and O–H groups in total. The monoisotopic (exact) mass is 590 g/mol. The first-order chi connectivity index (χ1) is 19.5. The number of hydrogen-bond donors (Lipinski definition) is 3. The van der Waals surface area contributed by atoms with Gasteiger partial charge in [-0.15, -0.1) is 5.10 Å². The molecule has 0 radical (unpaired) electrons. The highest BCUT2D eigenvalue weighted by Gasteiger charge is 2.57. The smallest absolute Gasteiger partial charge is 0.424 e. The number of nitrogens with one attached hydrogen (secondary N) is 1. The summed E-state index contributed by atoms with van der Waals surface area (Å²) in [5, 5.41) is 32.1. The molecule has 2 heterocycles. The number of methoxy groups -OCH3 is 1. The lowest BCUT2D eigenvalue weighted by molar-refractivity contribution is -0.265. The molecule has 0 aliphatic carbocycles. The van der Waals surface area contributed by atoms with Crippen LogP contribution in [0.25, 0.3) is 22.2 Å². The quantitative estimate of drug-likeness (QED) is 0.259. The van der Waals surface area contributed by atoms with Gasteiger partial charge in [-0.05, 0) is 75.7 Å². The number of amides is 1. The van der Waals surface area contributed by atoms with Crippen LogP contribution in [0, 0.1) is 25.5 Å². The van der Waals surface area contributed by atoms with E-state index in [1.165, 1.54) is 32.2 Å². The lowest BCUT2D eigenvalue weighted by atomic mass is 9.90. The average Bonchev–Trinajstić information content (AvgIpc) is 2.91. The number of rotatable bonds is 7. The van der Waals surface area contributed by atoms with E-state index in [4.69, 9.17) is 4.74 Å². The van der Waals surface area contributed by atoms with Crippen molar-refractivity contribution >= 4 is 16.8 Å². The Kier molecular flexibility index (Phi) is 7.96. The molecule has 1 atom stereocenters. The van der Waals surface area contributed by atoms with Crippen molar-refractivity contribution in [3.63, 3.8) is 0 Å². The van der Waals surface area contributed by atoms with Gasteiger partial charge >= 0.3 is 6.18 Å². The molecule has 8 nitrogen and oxygen atoms in total. The minimum absolute atomic E-state index is 0.0641. The number of carbonyl (C=O) groups excluding carboxylic acids is 1. The van der Waals surface area contributed by atoms with Gasteiger partial charge in [-0.1, -0.05) is 0 Å². The lowest BCUT2D eigenvalue weighted by Crippen LogP contribution is -2.51. The van der Waals surface area contributed by atoms with Crippen LogP contribution >= 0.6 is 0 Å². The molecule has 4 aromatic rings. The van der Waals surface area contributed by atoms with Crippen LogP contribution < -0.4 is 10.1 Å². The molecule has 2 aromatic heterocycles. The van der Waals surface area contributed by atoms with Gasteiger partial charge in [0.05, 0.1) is 30.6 Å². The second-order valence-electron chi connectivity index (χ2n) is 10.4. The van der Waals surface area contributed by atoms with Crippen molar-refractivity contribution in [1.29, 1.82) is 0 Å². The summed E-state index contributed by atoms with van der Waals surface area (Å²) in [6, 6.07) is 8.10. The first kappa shape index (κ1) is 30.7. The van der Waals surface area contributed by atoms with Crippen molar-refractivity contribution in [3.05, 3.63) is 82.2 Å². The maximum atomic E-state index is 15.5. The molecular weight excluding hydrogens is 563 g/mol. The third kappa shape index (κ3) is 5.74. The molecule has 4 rings (SSSR count). The van der Waals surface area contributed by atoms with E-state index in [9.17, 15) is 32.6 Å². The number of aromatic nitrogens is 3. The van der Waals surface area contributed by atoms with Gasteiger partial charge in [0.25, 0.3) is 5.91 Å². The largest absolute Gasteiger partial charge is 0.494 e. The number of hydrogen-bond acceptors (Lipinski definition) is 7. The molecule has 222 valence electrons. The van der Waals surface area contributed by atoms with Gasteiger partial charge in [0, 0.05) is 22.1 Å². The van der Waals surface area contributed by atoms with Crippen LogP contribution in [-0.4, -0.2) is 51.1 Å². The van der Waals surface area contributed by atoms with Gasteiger partial charge in [0.1, 0.15) is 22.8 Å². The summed E-state index contributed by atoms with van der Waals surface area (Å²) in [5.74, 6) is -2.65. The number of aryl methyl sites for hydroxylation is 2. The topological polar surface area (TPSA) is 117 Å². The van der Waals surface area contributed by atoms with E-state index in [1.807, 2.05) is 0 Å². The number of carbonyl (C=O) groups is 1. The van der Waals surface area contributed by atoms with Crippen molar-refractivity contribution in [2.45, 2.75) is 45.1 Å². The van der Waals surface area contributed by atoms with Crippen molar-refractivity contribution in [3.8, 4) is 17.0 Å². The van der Waals surface area contributed by atoms with Crippen LogP contribution in [0.5, 0.6) is 5.75 Å². The molecule has 2 aromatic carbocycles. The molecule has 0 unspecified atom stereocenters. The van der Waals surface area contributed by atoms with E-state index in [1.54, 1.807) is 13.0 Å². The van der Waals surface area contributed by atoms with E-state index in [0.29, 0.717) is 22.7 Å². The maximum Gasteiger partial charge on any atom is 0.424 e. The first-order valence-corrected chi connectivity index (χ1v) is 12.6. The molecule has 0 saturated heterocycles. The lowest BCUT2D eigenvalue weighted by Gasteiger charge is -2.32. The Morgan fingerprint density at radius 2 is 1.69 bits per heavy atom. The molecular formula is C29H27F5N4O4. The van der Waals surface area contributed by atoms with E-state index in [0.717, 1.165) is 26.0 Å². The summed E-state index contributed by atoms with van der Waals surface area (Å²) < 4.78 is 78.2. The van der Waals surface area contributed by atoms with Crippen LogP contribution in [-0.2, 0) is 11.2 Å². The van der Waals surface area contributed by atoms with E-state index < -0.39 is 58.4 Å². The third-order valence-corrected chi connectivity index (χ3v) is 6.70. The average molecular weight is 591 g/mol. The fraction of sp³-hybridized carbons (Fsp3) is 0.310. The second-order valence-corrected chi connectivity index (χ2v) is 10.4. The Labute approximate surface area is 237 Å². The molecule has 0 spiro atoms. The SMILES string of the molecule is COc1cc(C(=O)NC[C@](O)(c2cc(C(C)(C)O)c(F)c(-c3ccc(F)c(C)c3)n2)C(F)(F)F)cc2cc(C)nnc12. The molecule has 0 saturated carbocycles. The molecule has 1 amide bonds. The van der Waals surface area contributed by atoms with Gasteiger partial charge in [-0.3, -0.25) is 4.79 Å². The summed E-state index contributed by atoms with van der Waals surface area (Å²) in [6.45, 7) is 3.89. The standard InChI is InChI=1S/C29H27F5N4O4/c1-14-8-16(6-7-20(14)30)25-23(31)19(27(3,4)40)12-22(36-25)28(41,29(32,33)34)13-35-26(39)18-10-17-9-15(2)37-38-24(17)21(11-18)42-5/h6-12,40-41H,13H2,1-5H3,(H,35,39)/t28-/m0/s1. The number of halogens is 5. The van der Waals surface area contributed by atoms with Gasteiger partial charge in [-0.2, -0.15) is 18.3 Å². The zero-order valence-corrected chi connectivity index (χ0v) is 23.2. The number of fused-ring (bicyclic) bond motifs is 1. The zero-order chi connectivity index (χ0) is 31.2. The molecule has 0 aliphatic heterocycles. The number of ether oxygens (including phenoxy) is 1. The van der Waals surface area contributed by atoms with Crippen molar-refractivity contribution in [2.75, 3.05) is 13.7 Å². The Bertz CT molecular complexity index is 1690. The highest BCUT2D eigenvalue weighted by Crippen LogP contribution is 2.41. The summed E-state index contributed by atoms with van der Waals surface area (Å²) in [7, 11) is 1.32. The molecule has 42 heavy (non-hydrogen) atoms. The highest BCUT2D eigenvalue weighted by atomic mass is 19.4. The van der Waals surface area contributed by atoms with Gasteiger partial charge in [0.2, 0.25) is 5.60 Å². The molecule has 0 bridgehead atoms. The van der Waals surface area contributed by atoms with Crippen molar-refractivity contribution in [2.24, 2.45) is 0 Å². The Morgan fingerprint density at radius 1 is 1.00 bits per heavy atom. The van der Waals surface area contributed by atoms with E-state index in [-0.39, 0.29) is 22.4 Å². The van der Waals surface area contributed by atoms with Crippen LogP contribution in [0.2, 0.25) is 0 Å². The summed E-state index contributed by atoms with van der Waals surface area (Å²) in [5.41, 5.74) is -7.46. The summed E-state index contributed by atoms with van der Waals surface area (Å²) in [6.07, 6.45) is -5.42. The van der Waals surface area contributed by atoms with Crippen LogP contribution in [0.1, 0.15) is 46.7 Å². The number of aliphatic hydroxyl groups is 2.